The first-order chi connectivity index (χ1) is 7.22. The Labute approximate surface area is 88.4 Å². The monoisotopic (exact) mass is 206 g/mol. The van der Waals surface area contributed by atoms with Crippen LogP contribution in [0.4, 0.5) is 0 Å². The molecule has 1 aliphatic heterocycles. The number of nitrogens with one attached hydrogen (secondary N) is 1. The number of hydrogen-bond donors (Lipinski definition) is 2. The Kier molecular flexibility index (Phi) is 2.60. The second kappa shape index (κ2) is 3.90. The number of methoxy groups -OCH3 is 1. The van der Waals surface area contributed by atoms with Gasteiger partial charge in [0.15, 0.2) is 0 Å². The third kappa shape index (κ3) is 1.80. The summed E-state index contributed by atoms with van der Waals surface area (Å²) in [4.78, 5) is 11.2. The zero-order chi connectivity index (χ0) is 10.8. The number of carbonyl (C=O) groups is 1. The number of hydrogen-bond acceptors (Lipinski definition) is 3. The van der Waals surface area contributed by atoms with Gasteiger partial charge in [-0.2, -0.15) is 0 Å². The highest BCUT2D eigenvalue weighted by Gasteiger charge is 2.32. The molecule has 0 bridgehead atoms. The second-order valence-electron chi connectivity index (χ2n) is 3.66. The van der Waals surface area contributed by atoms with Crippen molar-refractivity contribution in [2.24, 2.45) is 5.73 Å². The third-order valence-corrected chi connectivity index (χ3v) is 2.64. The predicted octanol–water partition coefficient (Wildman–Crippen LogP) is 0.583. The van der Waals surface area contributed by atoms with Gasteiger partial charge in [-0.3, -0.25) is 4.79 Å². The maximum atomic E-state index is 11.2. The molecule has 1 saturated heterocycles. The molecule has 1 aromatic rings. The van der Waals surface area contributed by atoms with E-state index in [1.807, 2.05) is 24.3 Å². The van der Waals surface area contributed by atoms with Gasteiger partial charge in [0.25, 0.3) is 0 Å². The summed E-state index contributed by atoms with van der Waals surface area (Å²) in [5.41, 5.74) is 6.83. The summed E-state index contributed by atoms with van der Waals surface area (Å²) in [6.07, 6.45) is 0.378. The topological polar surface area (TPSA) is 64.3 Å². The molecule has 1 heterocycles. The zero-order valence-corrected chi connectivity index (χ0v) is 8.57. The van der Waals surface area contributed by atoms with Crippen molar-refractivity contribution >= 4 is 5.91 Å². The van der Waals surface area contributed by atoms with E-state index in [4.69, 9.17) is 10.5 Å². The molecule has 3 N–H and O–H groups in total. The van der Waals surface area contributed by atoms with Crippen molar-refractivity contribution in [1.29, 1.82) is 0 Å². The lowest BCUT2D eigenvalue weighted by molar-refractivity contribution is -0.119. The first-order valence-electron chi connectivity index (χ1n) is 4.90. The van der Waals surface area contributed by atoms with E-state index >= 15 is 0 Å². The molecular formula is C11H14N2O2. The minimum atomic E-state index is -0.172. The van der Waals surface area contributed by atoms with Gasteiger partial charge in [-0.25, -0.2) is 0 Å². The molecule has 1 amide bonds. The summed E-state index contributed by atoms with van der Waals surface area (Å²) in [5.74, 6) is 0.763. The van der Waals surface area contributed by atoms with Crippen molar-refractivity contribution < 1.29 is 9.53 Å². The molecule has 2 unspecified atom stereocenters. The number of ether oxygens (including phenoxy) is 1. The van der Waals surface area contributed by atoms with Gasteiger partial charge < -0.3 is 15.8 Å². The average Bonchev–Trinajstić information content (AvgIpc) is 2.57. The van der Waals surface area contributed by atoms with Gasteiger partial charge in [0.1, 0.15) is 5.75 Å². The standard InChI is InChI=1S/C11H14N2O2/c1-15-9-5-3-2-4-7(9)11-8(12)6-10(14)13-11/h2-5,8,11H,6,12H2,1H3,(H,13,14). The fraction of sp³-hybridized carbons (Fsp3) is 0.364. The highest BCUT2D eigenvalue weighted by molar-refractivity contribution is 5.80. The van der Waals surface area contributed by atoms with Crippen molar-refractivity contribution in [3.05, 3.63) is 29.8 Å². The molecule has 4 nitrogen and oxygen atoms in total. The fourth-order valence-corrected chi connectivity index (χ4v) is 1.90. The normalized spacial score (nSPS) is 25.1. The first kappa shape index (κ1) is 9.98. The molecule has 2 atom stereocenters. The van der Waals surface area contributed by atoms with Crippen LogP contribution in [0.5, 0.6) is 5.75 Å². The Bertz CT molecular complexity index is 379. The number of nitrogens with two attached hydrogens (primary N) is 1. The highest BCUT2D eigenvalue weighted by Crippen LogP contribution is 2.30. The van der Waals surface area contributed by atoms with Crippen LogP contribution in [0.1, 0.15) is 18.0 Å². The van der Waals surface area contributed by atoms with Gasteiger partial charge in [-0.1, -0.05) is 18.2 Å². The van der Waals surface area contributed by atoms with Gasteiger partial charge in [-0.15, -0.1) is 0 Å². The van der Waals surface area contributed by atoms with Gasteiger partial charge in [0.05, 0.1) is 13.2 Å². The smallest absolute Gasteiger partial charge is 0.222 e. The summed E-state index contributed by atoms with van der Waals surface area (Å²) in [6.45, 7) is 0. The summed E-state index contributed by atoms with van der Waals surface area (Å²) in [5, 5.41) is 2.85. The second-order valence-corrected chi connectivity index (χ2v) is 3.66. The molecule has 0 aromatic heterocycles. The Morgan fingerprint density at radius 3 is 2.80 bits per heavy atom. The van der Waals surface area contributed by atoms with Crippen LogP contribution in [0.3, 0.4) is 0 Å². The molecule has 0 radical (unpaired) electrons. The number of para-hydroxylation sites is 1. The van der Waals surface area contributed by atoms with E-state index in [9.17, 15) is 4.79 Å². The van der Waals surface area contributed by atoms with Crippen molar-refractivity contribution in [3.63, 3.8) is 0 Å². The van der Waals surface area contributed by atoms with Gasteiger partial charge >= 0.3 is 0 Å². The number of carbonyl (C=O) groups excluding carboxylic acids is 1. The van der Waals surface area contributed by atoms with Gasteiger partial charge in [0.2, 0.25) is 5.91 Å². The molecule has 0 spiro atoms. The van der Waals surface area contributed by atoms with E-state index in [0.29, 0.717) is 6.42 Å². The minimum absolute atomic E-state index is 0.00148. The summed E-state index contributed by atoms with van der Waals surface area (Å²) in [7, 11) is 1.61. The number of benzene rings is 1. The van der Waals surface area contributed by atoms with E-state index in [-0.39, 0.29) is 18.0 Å². The van der Waals surface area contributed by atoms with Crippen LogP contribution in [0.15, 0.2) is 24.3 Å². The molecule has 1 fully saturated rings. The molecule has 4 heteroatoms. The van der Waals surface area contributed by atoms with Crippen LogP contribution < -0.4 is 15.8 Å². The Morgan fingerprint density at radius 1 is 1.47 bits per heavy atom. The van der Waals surface area contributed by atoms with E-state index in [0.717, 1.165) is 11.3 Å². The lowest BCUT2D eigenvalue weighted by Crippen LogP contribution is -2.28. The largest absolute Gasteiger partial charge is 0.496 e. The Hall–Kier alpha value is -1.55. The van der Waals surface area contributed by atoms with Gasteiger partial charge in [0, 0.05) is 18.0 Å². The van der Waals surface area contributed by atoms with Crippen molar-refractivity contribution in [1.82, 2.24) is 5.32 Å². The fourth-order valence-electron chi connectivity index (χ4n) is 1.90. The maximum Gasteiger partial charge on any atom is 0.222 e. The first-order valence-corrected chi connectivity index (χ1v) is 4.90. The molecule has 0 aliphatic carbocycles. The van der Waals surface area contributed by atoms with E-state index in [1.165, 1.54) is 0 Å². The molecular weight excluding hydrogens is 192 g/mol. The summed E-state index contributed by atoms with van der Waals surface area (Å²) in [6, 6.07) is 7.30. The van der Waals surface area contributed by atoms with E-state index in [2.05, 4.69) is 5.32 Å². The lowest BCUT2D eigenvalue weighted by Gasteiger charge is -2.18. The number of amides is 1. The zero-order valence-electron chi connectivity index (χ0n) is 8.57. The molecule has 15 heavy (non-hydrogen) atoms. The SMILES string of the molecule is COc1ccccc1C1NC(=O)CC1N. The minimum Gasteiger partial charge on any atom is -0.496 e. The van der Waals surface area contributed by atoms with Crippen LogP contribution >= 0.6 is 0 Å². The molecule has 1 aromatic carbocycles. The number of rotatable bonds is 2. The molecule has 2 rings (SSSR count). The van der Waals surface area contributed by atoms with Crippen LogP contribution in [-0.4, -0.2) is 19.1 Å². The van der Waals surface area contributed by atoms with Crippen LogP contribution in [0.25, 0.3) is 0 Å². The van der Waals surface area contributed by atoms with Crippen LogP contribution in [0.2, 0.25) is 0 Å². The summed E-state index contributed by atoms with van der Waals surface area (Å²) < 4.78 is 5.23. The predicted molar refractivity (Wildman–Crippen MR) is 56.5 cm³/mol. The van der Waals surface area contributed by atoms with Crippen molar-refractivity contribution in [3.8, 4) is 5.75 Å². The van der Waals surface area contributed by atoms with Crippen molar-refractivity contribution in [2.75, 3.05) is 7.11 Å². The quantitative estimate of drug-likeness (QED) is 0.744. The Balaban J connectivity index is 2.32. The molecule has 80 valence electrons. The Morgan fingerprint density at radius 2 is 2.20 bits per heavy atom. The summed E-state index contributed by atoms with van der Waals surface area (Å²) >= 11 is 0. The van der Waals surface area contributed by atoms with Crippen LogP contribution in [0, 0.1) is 0 Å². The third-order valence-electron chi connectivity index (χ3n) is 2.64. The maximum absolute atomic E-state index is 11.2. The average molecular weight is 206 g/mol. The lowest BCUT2D eigenvalue weighted by atomic mass is 10.0. The van der Waals surface area contributed by atoms with E-state index < -0.39 is 0 Å². The van der Waals surface area contributed by atoms with Crippen molar-refractivity contribution in [2.45, 2.75) is 18.5 Å². The molecule has 1 aliphatic rings. The van der Waals surface area contributed by atoms with Gasteiger partial charge in [-0.05, 0) is 6.07 Å². The highest BCUT2D eigenvalue weighted by atomic mass is 16.5. The molecule has 0 saturated carbocycles. The van der Waals surface area contributed by atoms with Crippen LogP contribution in [-0.2, 0) is 4.79 Å². The van der Waals surface area contributed by atoms with E-state index in [1.54, 1.807) is 7.11 Å².